The van der Waals surface area contributed by atoms with Crippen molar-refractivity contribution in [2.45, 2.75) is 19.4 Å². The molecule has 0 aliphatic carbocycles. The first kappa shape index (κ1) is 19.0. The maximum Gasteiger partial charge on any atom is 0.414 e. The fourth-order valence-electron chi connectivity index (χ4n) is 3.65. The number of cyclic esters (lactones) is 1. The number of nitrogens with zero attached hydrogens (tertiary/aromatic N) is 1. The number of nitrogens with one attached hydrogen (secondary N) is 1. The van der Waals surface area contributed by atoms with E-state index >= 15 is 0 Å². The lowest BCUT2D eigenvalue weighted by Crippen LogP contribution is -2.25. The minimum absolute atomic E-state index is 0.226. The summed E-state index contributed by atoms with van der Waals surface area (Å²) in [7, 11) is 0. The molecule has 6 heteroatoms. The maximum atomic E-state index is 12.8. The standard InChI is InChI=1S/C23H22N2O4/c1-14(2)9-15-5-3-4-6-19(15)21-10-16-7-8-17(11-20(16)22(27)24-21)25-12-18(13-26)29-23(25)28/h3-8,10-11,18,26H,1,9,12-13H2,2H3,(H,24,27)/t18-/m1/s1. The number of H-pyrrole nitrogens is 1. The van der Waals surface area contributed by atoms with E-state index in [1.54, 1.807) is 12.1 Å². The molecule has 1 fully saturated rings. The highest BCUT2D eigenvalue weighted by molar-refractivity contribution is 5.94. The first-order valence-corrected chi connectivity index (χ1v) is 9.45. The van der Waals surface area contributed by atoms with Gasteiger partial charge in [-0.2, -0.15) is 0 Å². The van der Waals surface area contributed by atoms with Crippen molar-refractivity contribution in [1.82, 2.24) is 4.98 Å². The highest BCUT2D eigenvalue weighted by Gasteiger charge is 2.31. The van der Waals surface area contributed by atoms with Gasteiger partial charge in [-0.05, 0) is 42.5 Å². The molecule has 2 N–H and O–H groups in total. The summed E-state index contributed by atoms with van der Waals surface area (Å²) in [5, 5.41) is 10.5. The number of benzene rings is 2. The highest BCUT2D eigenvalue weighted by Crippen LogP contribution is 2.28. The average molecular weight is 390 g/mol. The lowest BCUT2D eigenvalue weighted by molar-refractivity contribution is 0.0963. The van der Waals surface area contributed by atoms with Crippen LogP contribution in [-0.2, 0) is 11.2 Å². The normalized spacial score (nSPS) is 16.3. The number of allylic oxidation sites excluding steroid dienone is 1. The van der Waals surface area contributed by atoms with Gasteiger partial charge < -0.3 is 14.8 Å². The summed E-state index contributed by atoms with van der Waals surface area (Å²) >= 11 is 0. The molecule has 2 heterocycles. The predicted octanol–water partition coefficient (Wildman–Crippen LogP) is 3.63. The van der Waals surface area contributed by atoms with Gasteiger partial charge in [-0.25, -0.2) is 4.79 Å². The minimum atomic E-state index is -0.552. The molecule has 1 aliphatic heterocycles. The van der Waals surface area contributed by atoms with Crippen LogP contribution in [0.25, 0.3) is 22.0 Å². The van der Waals surface area contributed by atoms with Crippen LogP contribution in [0.4, 0.5) is 10.5 Å². The third-order valence-electron chi connectivity index (χ3n) is 5.02. The Kier molecular flexibility index (Phi) is 4.94. The van der Waals surface area contributed by atoms with Crippen molar-refractivity contribution in [3.63, 3.8) is 0 Å². The third kappa shape index (κ3) is 3.67. The minimum Gasteiger partial charge on any atom is -0.441 e. The van der Waals surface area contributed by atoms with E-state index in [9.17, 15) is 14.7 Å². The van der Waals surface area contributed by atoms with Crippen molar-refractivity contribution >= 4 is 22.6 Å². The average Bonchev–Trinajstić information content (AvgIpc) is 3.08. The Morgan fingerprint density at radius 1 is 1.24 bits per heavy atom. The van der Waals surface area contributed by atoms with Crippen molar-refractivity contribution in [2.24, 2.45) is 0 Å². The molecule has 1 saturated heterocycles. The number of carbonyl (C=O) groups excluding carboxylic acids is 1. The molecule has 148 valence electrons. The van der Waals surface area contributed by atoms with Crippen LogP contribution in [0.1, 0.15) is 12.5 Å². The molecule has 0 bridgehead atoms. The molecule has 3 aromatic rings. The SMILES string of the molecule is C=C(C)Cc1ccccc1-c1cc2ccc(N3C[C@H](CO)OC3=O)cc2c(=O)[nH]1. The summed E-state index contributed by atoms with van der Waals surface area (Å²) in [6, 6.07) is 15.2. The molecule has 6 nitrogen and oxygen atoms in total. The second kappa shape index (κ2) is 7.56. The van der Waals surface area contributed by atoms with Crippen molar-refractivity contribution in [1.29, 1.82) is 0 Å². The molecule has 1 atom stereocenters. The van der Waals surface area contributed by atoms with Gasteiger partial charge in [0.2, 0.25) is 0 Å². The van der Waals surface area contributed by atoms with Crippen LogP contribution in [-0.4, -0.2) is 35.4 Å². The number of ether oxygens (including phenoxy) is 1. The van der Waals surface area contributed by atoms with Crippen LogP contribution in [0.15, 0.2) is 65.5 Å². The highest BCUT2D eigenvalue weighted by atomic mass is 16.6. The first-order chi connectivity index (χ1) is 14.0. The zero-order valence-corrected chi connectivity index (χ0v) is 16.1. The van der Waals surface area contributed by atoms with Crippen molar-refractivity contribution in [3.8, 4) is 11.3 Å². The molecule has 1 aromatic heterocycles. The van der Waals surface area contributed by atoms with E-state index in [0.29, 0.717) is 11.1 Å². The Morgan fingerprint density at radius 3 is 2.76 bits per heavy atom. The van der Waals surface area contributed by atoms with Gasteiger partial charge in [0.1, 0.15) is 6.10 Å². The van der Waals surface area contributed by atoms with Crippen LogP contribution < -0.4 is 10.5 Å². The van der Waals surface area contributed by atoms with Crippen molar-refractivity contribution in [3.05, 3.63) is 76.6 Å². The number of carbonyl (C=O) groups is 1. The molecular formula is C23H22N2O4. The number of rotatable bonds is 5. The number of hydrogen-bond donors (Lipinski definition) is 2. The summed E-state index contributed by atoms with van der Waals surface area (Å²) in [5.74, 6) is 0. The quantitative estimate of drug-likeness (QED) is 0.652. The van der Waals surface area contributed by atoms with Crippen molar-refractivity contribution < 1.29 is 14.6 Å². The molecule has 0 spiro atoms. The van der Waals surface area contributed by atoms with Gasteiger partial charge in [0.25, 0.3) is 5.56 Å². The van der Waals surface area contributed by atoms with Crippen LogP contribution in [0.3, 0.4) is 0 Å². The molecule has 1 aliphatic rings. The second-order valence-electron chi connectivity index (χ2n) is 7.37. The Bertz CT molecular complexity index is 1160. The Morgan fingerprint density at radius 2 is 2.03 bits per heavy atom. The summed E-state index contributed by atoms with van der Waals surface area (Å²) in [6.07, 6.45) is -0.341. The number of hydrogen-bond acceptors (Lipinski definition) is 4. The Hall–Kier alpha value is -3.38. The molecule has 0 saturated carbocycles. The van der Waals surface area contributed by atoms with Gasteiger partial charge in [-0.3, -0.25) is 9.69 Å². The monoisotopic (exact) mass is 390 g/mol. The molecule has 29 heavy (non-hydrogen) atoms. The lowest BCUT2D eigenvalue weighted by Gasteiger charge is -2.14. The second-order valence-corrected chi connectivity index (χ2v) is 7.37. The van der Waals surface area contributed by atoms with Gasteiger partial charge >= 0.3 is 6.09 Å². The number of aromatic nitrogens is 1. The van der Waals surface area contributed by atoms with E-state index in [1.165, 1.54) is 4.90 Å². The van der Waals surface area contributed by atoms with Crippen LogP contribution in [0, 0.1) is 0 Å². The van der Waals surface area contributed by atoms with Gasteiger partial charge in [0.05, 0.1) is 13.2 Å². The zero-order chi connectivity index (χ0) is 20.5. The summed E-state index contributed by atoms with van der Waals surface area (Å²) in [4.78, 5) is 29.3. The molecule has 0 unspecified atom stereocenters. The van der Waals surface area contributed by atoms with E-state index in [1.807, 2.05) is 43.3 Å². The topological polar surface area (TPSA) is 82.6 Å². The fourth-order valence-corrected chi connectivity index (χ4v) is 3.65. The Balaban J connectivity index is 1.76. The number of amides is 1. The smallest absolute Gasteiger partial charge is 0.414 e. The van der Waals surface area contributed by atoms with E-state index in [0.717, 1.165) is 34.2 Å². The van der Waals surface area contributed by atoms with Gasteiger partial charge in [-0.1, -0.05) is 42.5 Å². The number of fused-ring (bicyclic) bond motifs is 1. The van der Waals surface area contributed by atoms with Gasteiger partial charge in [0.15, 0.2) is 0 Å². The predicted molar refractivity (Wildman–Crippen MR) is 113 cm³/mol. The number of anilines is 1. The first-order valence-electron chi connectivity index (χ1n) is 9.45. The van der Waals surface area contributed by atoms with Crippen LogP contribution in [0.5, 0.6) is 0 Å². The maximum absolute atomic E-state index is 12.8. The van der Waals surface area contributed by atoms with Crippen LogP contribution >= 0.6 is 0 Å². The van der Waals surface area contributed by atoms with E-state index in [-0.39, 0.29) is 18.7 Å². The third-order valence-corrected chi connectivity index (χ3v) is 5.02. The van der Waals surface area contributed by atoms with E-state index in [2.05, 4.69) is 11.6 Å². The van der Waals surface area contributed by atoms with Crippen LogP contribution in [0.2, 0.25) is 0 Å². The van der Waals surface area contributed by atoms with E-state index in [4.69, 9.17) is 4.74 Å². The number of aliphatic hydroxyl groups is 1. The van der Waals surface area contributed by atoms with Gasteiger partial charge in [-0.15, -0.1) is 0 Å². The number of aromatic amines is 1. The molecule has 2 aromatic carbocycles. The molecular weight excluding hydrogens is 368 g/mol. The van der Waals surface area contributed by atoms with Crippen molar-refractivity contribution in [2.75, 3.05) is 18.1 Å². The van der Waals surface area contributed by atoms with E-state index < -0.39 is 12.2 Å². The van der Waals surface area contributed by atoms with Gasteiger partial charge in [0, 0.05) is 22.3 Å². The summed E-state index contributed by atoms with van der Waals surface area (Å²) in [5.41, 5.74) is 4.20. The number of pyridine rings is 1. The molecule has 1 amide bonds. The Labute approximate surface area is 168 Å². The molecule has 4 rings (SSSR count). The summed E-state index contributed by atoms with van der Waals surface area (Å²) in [6.45, 7) is 5.99. The lowest BCUT2D eigenvalue weighted by atomic mass is 9.97. The number of aliphatic hydroxyl groups excluding tert-OH is 1. The molecule has 0 radical (unpaired) electrons. The zero-order valence-electron chi connectivity index (χ0n) is 16.1. The fraction of sp³-hybridized carbons (Fsp3) is 0.217. The largest absolute Gasteiger partial charge is 0.441 e. The summed E-state index contributed by atoms with van der Waals surface area (Å²) < 4.78 is 5.09.